The molecule has 208 valence electrons. The van der Waals surface area contributed by atoms with E-state index in [9.17, 15) is 19.8 Å². The summed E-state index contributed by atoms with van der Waals surface area (Å²) < 4.78 is 3.72. The number of aliphatic hydroxyl groups is 1. The molecule has 0 amide bonds. The van der Waals surface area contributed by atoms with Crippen molar-refractivity contribution in [2.45, 2.75) is 74.9 Å². The molecule has 6 heteroatoms. The van der Waals surface area contributed by atoms with E-state index >= 15 is 0 Å². The van der Waals surface area contributed by atoms with Crippen LogP contribution in [-0.2, 0) is 32.9 Å². The first-order chi connectivity index (χ1) is 18.8. The molecule has 0 aliphatic heterocycles. The molecule has 39 heavy (non-hydrogen) atoms. The number of carbonyl (C=O) groups is 2. The molecule has 2 N–H and O–H groups in total. The Morgan fingerprint density at radius 2 is 1.38 bits per heavy atom. The van der Waals surface area contributed by atoms with Crippen molar-refractivity contribution in [3.63, 3.8) is 0 Å². The van der Waals surface area contributed by atoms with Crippen LogP contribution in [0, 0.1) is 0 Å². The van der Waals surface area contributed by atoms with E-state index in [-0.39, 0.29) is 0 Å². The molecule has 0 aliphatic carbocycles. The van der Waals surface area contributed by atoms with Gasteiger partial charge in [0.2, 0.25) is 0 Å². The molecule has 0 aromatic heterocycles. The Morgan fingerprint density at radius 1 is 0.795 bits per heavy atom. The number of aryl methyl sites for hydroxylation is 2. The second kappa shape index (κ2) is 15.5. The van der Waals surface area contributed by atoms with Gasteiger partial charge in [0.15, 0.2) is 6.10 Å². The Morgan fingerprint density at radius 3 is 2.03 bits per heavy atom. The van der Waals surface area contributed by atoms with Crippen LogP contribution in [0.25, 0.3) is 0 Å². The number of methoxy groups -OCH3 is 1. The number of benzene rings is 3. The quantitative estimate of drug-likeness (QED) is 0.146. The first kappa shape index (κ1) is 30.5. The van der Waals surface area contributed by atoms with Crippen LogP contribution in [0.4, 0.5) is 0 Å². The summed E-state index contributed by atoms with van der Waals surface area (Å²) in [4.78, 5) is 23.7. The number of hydrogen-bond acceptors (Lipinski definition) is 5. The zero-order valence-corrected chi connectivity index (χ0v) is 23.8. The highest BCUT2D eigenvalue weighted by Gasteiger charge is 2.41. The van der Waals surface area contributed by atoms with Crippen LogP contribution in [0.5, 0.6) is 0 Å². The number of carboxylic acids is 1. The third-order valence-corrected chi connectivity index (χ3v) is 8.75. The highest BCUT2D eigenvalue weighted by molar-refractivity contribution is 7.99. The molecular weight excluding hydrogens is 508 g/mol. The summed E-state index contributed by atoms with van der Waals surface area (Å²) in [5.41, 5.74) is 4.73. The standard InChI is InChI=1S/C33H40O5S/c1-33(30(34)31(35)36,39-24-26-20-22-28(23-21-26)32(37)38-2)29-19-13-12-18-27(29)17-11-6-4-3-5-8-14-25-15-9-7-10-16-25/h7,9-10,12-13,15-16,18-23,30,34H,3-6,8,11,14,17,24H2,1-2H3,(H,35,36). The molecule has 3 rings (SSSR count). The van der Waals surface area contributed by atoms with Gasteiger partial charge in [0, 0.05) is 5.75 Å². The molecule has 3 aromatic rings. The summed E-state index contributed by atoms with van der Waals surface area (Å²) in [6.45, 7) is 1.81. The van der Waals surface area contributed by atoms with E-state index in [0.29, 0.717) is 11.3 Å². The lowest BCUT2D eigenvalue weighted by molar-refractivity contribution is -0.148. The normalized spacial score (nSPS) is 13.4. The van der Waals surface area contributed by atoms with Crippen molar-refractivity contribution in [3.8, 4) is 0 Å². The zero-order chi connectivity index (χ0) is 28.1. The molecule has 0 aliphatic rings. The number of carbonyl (C=O) groups excluding carboxylic acids is 1. The minimum absolute atomic E-state index is 0.401. The number of rotatable bonds is 16. The van der Waals surface area contributed by atoms with Gasteiger partial charge in [-0.15, -0.1) is 11.8 Å². The maximum absolute atomic E-state index is 12.0. The van der Waals surface area contributed by atoms with Crippen LogP contribution in [0.2, 0.25) is 0 Å². The van der Waals surface area contributed by atoms with Gasteiger partial charge in [0.1, 0.15) is 0 Å². The Bertz CT molecular complexity index is 1180. The van der Waals surface area contributed by atoms with E-state index in [4.69, 9.17) is 4.74 Å². The van der Waals surface area contributed by atoms with Gasteiger partial charge < -0.3 is 14.9 Å². The number of hydrogen-bond donors (Lipinski definition) is 2. The second-order valence-electron chi connectivity index (χ2n) is 10.1. The Hall–Kier alpha value is -3.09. The summed E-state index contributed by atoms with van der Waals surface area (Å²) >= 11 is 1.40. The lowest BCUT2D eigenvalue weighted by Crippen LogP contribution is -2.40. The maximum atomic E-state index is 12.0. The largest absolute Gasteiger partial charge is 0.479 e. The first-order valence-electron chi connectivity index (χ1n) is 13.7. The fourth-order valence-corrected chi connectivity index (χ4v) is 6.12. The Labute approximate surface area is 236 Å². The third kappa shape index (κ3) is 8.97. The Kier molecular flexibility index (Phi) is 12.1. The molecule has 0 radical (unpaired) electrons. The van der Waals surface area contributed by atoms with Crippen LogP contribution in [0.1, 0.15) is 78.1 Å². The zero-order valence-electron chi connectivity index (χ0n) is 23.0. The summed E-state index contributed by atoms with van der Waals surface area (Å²) in [5.74, 6) is -1.16. The molecule has 0 saturated heterocycles. The van der Waals surface area contributed by atoms with Gasteiger partial charge in [0.05, 0.1) is 17.4 Å². The van der Waals surface area contributed by atoms with E-state index in [0.717, 1.165) is 42.4 Å². The van der Waals surface area contributed by atoms with Gasteiger partial charge in [0.25, 0.3) is 0 Å². The van der Waals surface area contributed by atoms with Crippen LogP contribution in [0.15, 0.2) is 78.9 Å². The van der Waals surface area contributed by atoms with E-state index in [1.165, 1.54) is 50.1 Å². The van der Waals surface area contributed by atoms with Gasteiger partial charge in [-0.2, -0.15) is 0 Å². The predicted octanol–water partition coefficient (Wildman–Crippen LogP) is 7.19. The van der Waals surface area contributed by atoms with E-state index in [2.05, 4.69) is 30.3 Å². The molecule has 3 aromatic carbocycles. The molecule has 0 fully saturated rings. The van der Waals surface area contributed by atoms with Crippen molar-refractivity contribution in [2.75, 3.05) is 7.11 Å². The van der Waals surface area contributed by atoms with E-state index in [1.54, 1.807) is 12.1 Å². The molecule has 0 saturated carbocycles. The number of carboxylic acid groups (broad SMARTS) is 1. The number of aliphatic hydroxyl groups excluding tert-OH is 1. The summed E-state index contributed by atoms with van der Waals surface area (Å²) in [5, 5.41) is 20.6. The van der Waals surface area contributed by atoms with Crippen molar-refractivity contribution in [2.24, 2.45) is 0 Å². The number of esters is 1. The molecular formula is C33H40O5S. The van der Waals surface area contributed by atoms with Crippen molar-refractivity contribution in [1.82, 2.24) is 0 Å². The monoisotopic (exact) mass is 548 g/mol. The number of thioether (sulfide) groups is 1. The van der Waals surface area contributed by atoms with Gasteiger partial charge >= 0.3 is 11.9 Å². The lowest BCUT2D eigenvalue weighted by atomic mass is 9.88. The third-order valence-electron chi connectivity index (χ3n) is 7.23. The summed E-state index contributed by atoms with van der Waals surface area (Å²) in [7, 11) is 1.34. The molecule has 0 heterocycles. The number of unbranched alkanes of at least 4 members (excludes halogenated alkanes) is 5. The lowest BCUT2D eigenvalue weighted by Gasteiger charge is -2.34. The van der Waals surface area contributed by atoms with Gasteiger partial charge in [-0.25, -0.2) is 9.59 Å². The van der Waals surface area contributed by atoms with Gasteiger partial charge in [-0.3, -0.25) is 0 Å². The summed E-state index contributed by atoms with van der Waals surface area (Å²) in [6, 6.07) is 25.5. The van der Waals surface area contributed by atoms with Gasteiger partial charge in [-0.05, 0) is 67.0 Å². The average Bonchev–Trinajstić information content (AvgIpc) is 2.97. The second-order valence-corrected chi connectivity index (χ2v) is 11.5. The molecule has 0 bridgehead atoms. The van der Waals surface area contributed by atoms with Crippen LogP contribution in [0.3, 0.4) is 0 Å². The predicted molar refractivity (Wildman–Crippen MR) is 158 cm³/mol. The van der Waals surface area contributed by atoms with Crippen LogP contribution < -0.4 is 0 Å². The van der Waals surface area contributed by atoms with E-state index < -0.39 is 22.8 Å². The van der Waals surface area contributed by atoms with Crippen molar-refractivity contribution in [3.05, 3.63) is 107 Å². The topological polar surface area (TPSA) is 83.8 Å². The minimum Gasteiger partial charge on any atom is -0.479 e. The van der Waals surface area contributed by atoms with E-state index in [1.807, 2.05) is 43.3 Å². The smallest absolute Gasteiger partial charge is 0.337 e. The highest BCUT2D eigenvalue weighted by Crippen LogP contribution is 2.43. The summed E-state index contributed by atoms with van der Waals surface area (Å²) in [6.07, 6.45) is 7.39. The van der Waals surface area contributed by atoms with Crippen LogP contribution >= 0.6 is 11.8 Å². The first-order valence-corrected chi connectivity index (χ1v) is 14.7. The Balaban J connectivity index is 1.58. The molecule has 2 unspecified atom stereocenters. The molecule has 0 spiro atoms. The highest BCUT2D eigenvalue weighted by atomic mass is 32.2. The van der Waals surface area contributed by atoms with Crippen molar-refractivity contribution >= 4 is 23.7 Å². The number of ether oxygens (including phenoxy) is 1. The minimum atomic E-state index is -1.57. The fraction of sp³-hybridized carbons (Fsp3) is 0.394. The van der Waals surface area contributed by atoms with Crippen molar-refractivity contribution in [1.29, 1.82) is 0 Å². The fourth-order valence-electron chi connectivity index (χ4n) is 4.85. The number of aliphatic carboxylic acids is 1. The molecule has 2 atom stereocenters. The molecule has 5 nitrogen and oxygen atoms in total. The van der Waals surface area contributed by atoms with Gasteiger partial charge in [-0.1, -0.05) is 92.4 Å². The van der Waals surface area contributed by atoms with Crippen LogP contribution in [-0.4, -0.2) is 35.4 Å². The van der Waals surface area contributed by atoms with Crippen molar-refractivity contribution < 1.29 is 24.5 Å². The SMILES string of the molecule is COC(=O)c1ccc(CSC(C)(c2ccccc2CCCCCCCCc2ccccc2)C(O)C(=O)O)cc1. The average molecular weight is 549 g/mol. The maximum Gasteiger partial charge on any atom is 0.337 e.